The number of nitrogens with one attached hydrogen (secondary N) is 2. The average molecular weight is 484 g/mol. The van der Waals surface area contributed by atoms with E-state index in [9.17, 15) is 27.9 Å². The van der Waals surface area contributed by atoms with Gasteiger partial charge in [0.25, 0.3) is 0 Å². The number of ether oxygens (including phenoxy) is 1. The Morgan fingerprint density at radius 2 is 1.94 bits per heavy atom. The Labute approximate surface area is 197 Å². The van der Waals surface area contributed by atoms with Gasteiger partial charge in [-0.1, -0.05) is 6.58 Å². The molecule has 34 heavy (non-hydrogen) atoms. The van der Waals surface area contributed by atoms with E-state index in [4.69, 9.17) is 4.74 Å². The molecule has 1 atom stereocenters. The minimum Gasteiger partial charge on any atom is -0.460 e. The molecule has 7 nitrogen and oxygen atoms in total. The fourth-order valence-electron chi connectivity index (χ4n) is 4.23. The maximum Gasteiger partial charge on any atom is 0.418 e. The summed E-state index contributed by atoms with van der Waals surface area (Å²) < 4.78 is 47.0. The van der Waals surface area contributed by atoms with Crippen LogP contribution in [0, 0.1) is 0 Å². The molecule has 1 aromatic rings. The number of hydrogen-bond donors (Lipinski definition) is 3. The number of allylic oxidation sites excluding steroid dienone is 1. The van der Waals surface area contributed by atoms with Gasteiger partial charge in [0.15, 0.2) is 0 Å². The predicted molar refractivity (Wildman–Crippen MR) is 122 cm³/mol. The number of aliphatic hydroxyl groups is 1. The van der Waals surface area contributed by atoms with Crippen molar-refractivity contribution in [1.29, 1.82) is 0 Å². The van der Waals surface area contributed by atoms with Gasteiger partial charge in [0, 0.05) is 30.2 Å². The van der Waals surface area contributed by atoms with Crippen LogP contribution < -0.4 is 15.5 Å². The van der Waals surface area contributed by atoms with Crippen LogP contribution in [-0.2, 0) is 20.5 Å². The first kappa shape index (κ1) is 25.9. The van der Waals surface area contributed by atoms with Crippen LogP contribution in [0.3, 0.4) is 0 Å². The Morgan fingerprint density at radius 3 is 2.50 bits per heavy atom. The van der Waals surface area contributed by atoms with Gasteiger partial charge in [-0.2, -0.15) is 13.2 Å². The summed E-state index contributed by atoms with van der Waals surface area (Å²) in [6.45, 7) is 9.19. The van der Waals surface area contributed by atoms with Crippen LogP contribution in [0.2, 0.25) is 0 Å². The van der Waals surface area contributed by atoms with Gasteiger partial charge >= 0.3 is 12.1 Å². The number of rotatable bonds is 5. The lowest BCUT2D eigenvalue weighted by atomic mass is 9.87. The van der Waals surface area contributed by atoms with Crippen molar-refractivity contribution in [2.45, 2.75) is 76.3 Å². The molecule has 2 aliphatic rings. The Kier molecular flexibility index (Phi) is 7.21. The van der Waals surface area contributed by atoms with Crippen LogP contribution in [0.1, 0.15) is 58.4 Å². The molecule has 2 fully saturated rings. The molecule has 0 radical (unpaired) electrons. The first-order valence-electron chi connectivity index (χ1n) is 11.3. The standard InChI is InChI=1S/C24H32F3N3O4/c1-15-5-7-18(21(32)28-15)29-16-6-8-19(17(13-16)24(25,26)27)30-11-9-23(33,10-12-30)14-20(31)34-22(2,3)4/h6,8,13,18,29,33H,1,5,7,9-12,14H2,2-4H3,(H,28,32). The number of carbonyl (C=O) groups excluding carboxylic acids is 2. The highest BCUT2D eigenvalue weighted by Crippen LogP contribution is 2.40. The van der Waals surface area contributed by atoms with Gasteiger partial charge in [0.1, 0.15) is 11.6 Å². The van der Waals surface area contributed by atoms with Crippen LogP contribution in [-0.4, -0.2) is 47.3 Å². The summed E-state index contributed by atoms with van der Waals surface area (Å²) in [7, 11) is 0. The second-order valence-corrected chi connectivity index (χ2v) is 10.0. The molecule has 2 heterocycles. The average Bonchev–Trinajstić information content (AvgIpc) is 2.68. The SMILES string of the molecule is C=C1CCC(Nc2ccc(N3CCC(O)(CC(=O)OC(C)(C)C)CC3)c(C(F)(F)F)c2)C(=O)N1. The predicted octanol–water partition coefficient (Wildman–Crippen LogP) is 3.97. The number of piperidine rings is 2. The molecule has 2 aliphatic heterocycles. The minimum atomic E-state index is -4.61. The summed E-state index contributed by atoms with van der Waals surface area (Å²) in [5.74, 6) is -0.862. The van der Waals surface area contributed by atoms with Crippen LogP contribution in [0.25, 0.3) is 0 Å². The molecule has 3 rings (SSSR count). The summed E-state index contributed by atoms with van der Waals surface area (Å²) in [6, 6.07) is 3.26. The van der Waals surface area contributed by atoms with E-state index < -0.39 is 35.0 Å². The van der Waals surface area contributed by atoms with Gasteiger partial charge in [-0.15, -0.1) is 0 Å². The summed E-state index contributed by atoms with van der Waals surface area (Å²) in [5, 5.41) is 16.3. The van der Waals surface area contributed by atoms with Crippen LogP contribution in [0.15, 0.2) is 30.5 Å². The van der Waals surface area contributed by atoms with Gasteiger partial charge in [-0.3, -0.25) is 9.59 Å². The van der Waals surface area contributed by atoms with Crippen LogP contribution in [0.5, 0.6) is 0 Å². The molecule has 10 heteroatoms. The maximum atomic E-state index is 13.9. The highest BCUT2D eigenvalue weighted by atomic mass is 19.4. The minimum absolute atomic E-state index is 0.00107. The Morgan fingerprint density at radius 1 is 1.29 bits per heavy atom. The summed E-state index contributed by atoms with van der Waals surface area (Å²) in [4.78, 5) is 25.8. The van der Waals surface area contributed by atoms with E-state index in [1.807, 2.05) is 0 Å². The van der Waals surface area contributed by atoms with Crippen molar-refractivity contribution in [2.24, 2.45) is 0 Å². The monoisotopic (exact) mass is 483 g/mol. The van der Waals surface area contributed by atoms with Gasteiger partial charge in [-0.05, 0) is 64.7 Å². The molecule has 0 spiro atoms. The molecule has 0 aliphatic carbocycles. The summed E-state index contributed by atoms with van der Waals surface area (Å²) in [6.07, 6.45) is -3.56. The largest absolute Gasteiger partial charge is 0.460 e. The van der Waals surface area contributed by atoms with E-state index in [1.165, 1.54) is 12.1 Å². The normalized spacial score (nSPS) is 21.1. The van der Waals surface area contributed by atoms with Crippen molar-refractivity contribution in [3.63, 3.8) is 0 Å². The van der Waals surface area contributed by atoms with Crippen molar-refractivity contribution >= 4 is 23.3 Å². The lowest BCUT2D eigenvalue weighted by Gasteiger charge is -2.40. The fourth-order valence-corrected chi connectivity index (χ4v) is 4.23. The Hall–Kier alpha value is -2.75. The Bertz CT molecular complexity index is 948. The highest BCUT2D eigenvalue weighted by Gasteiger charge is 2.40. The number of anilines is 2. The van der Waals surface area contributed by atoms with Crippen LogP contribution >= 0.6 is 0 Å². The first-order valence-corrected chi connectivity index (χ1v) is 11.3. The zero-order valence-electron chi connectivity index (χ0n) is 19.7. The quantitative estimate of drug-likeness (QED) is 0.549. The third kappa shape index (κ3) is 6.65. The lowest BCUT2D eigenvalue weighted by Crippen LogP contribution is -2.46. The zero-order valence-corrected chi connectivity index (χ0v) is 19.7. The molecular formula is C24H32F3N3O4. The molecule has 0 aromatic heterocycles. The lowest BCUT2D eigenvalue weighted by molar-refractivity contribution is -0.161. The van der Waals surface area contributed by atoms with Crippen molar-refractivity contribution in [2.75, 3.05) is 23.3 Å². The third-order valence-corrected chi connectivity index (χ3v) is 5.92. The second kappa shape index (κ2) is 9.48. The van der Waals surface area contributed by atoms with Crippen molar-refractivity contribution in [3.05, 3.63) is 36.0 Å². The van der Waals surface area contributed by atoms with Crippen molar-refractivity contribution in [1.82, 2.24) is 5.32 Å². The topological polar surface area (TPSA) is 90.9 Å². The number of alkyl halides is 3. The molecule has 1 amide bonds. The molecule has 1 aromatic carbocycles. The van der Waals surface area contributed by atoms with Crippen molar-refractivity contribution < 1.29 is 32.6 Å². The number of halogens is 3. The summed E-state index contributed by atoms with van der Waals surface area (Å²) >= 11 is 0. The second-order valence-electron chi connectivity index (χ2n) is 10.0. The fraction of sp³-hybridized carbons (Fsp3) is 0.583. The summed E-state index contributed by atoms with van der Waals surface area (Å²) in [5.41, 5.74) is -2.04. The Balaban J connectivity index is 1.71. The van der Waals surface area contributed by atoms with Crippen molar-refractivity contribution in [3.8, 4) is 0 Å². The van der Waals surface area contributed by atoms with E-state index in [2.05, 4.69) is 17.2 Å². The molecule has 188 valence electrons. The van der Waals surface area contributed by atoms with E-state index in [0.29, 0.717) is 18.5 Å². The maximum absolute atomic E-state index is 13.9. The van der Waals surface area contributed by atoms with Gasteiger partial charge in [0.05, 0.1) is 17.6 Å². The molecule has 2 saturated heterocycles. The molecule has 3 N–H and O–H groups in total. The van der Waals surface area contributed by atoms with Crippen LogP contribution in [0.4, 0.5) is 24.5 Å². The number of hydrogen-bond acceptors (Lipinski definition) is 6. The number of nitrogens with zero attached hydrogens (tertiary/aromatic N) is 1. The number of benzene rings is 1. The number of amides is 1. The molecular weight excluding hydrogens is 451 g/mol. The highest BCUT2D eigenvalue weighted by molar-refractivity contribution is 5.87. The van der Waals surface area contributed by atoms with E-state index in [1.54, 1.807) is 25.7 Å². The van der Waals surface area contributed by atoms with Gasteiger partial charge in [0.2, 0.25) is 5.91 Å². The first-order chi connectivity index (χ1) is 15.7. The third-order valence-electron chi connectivity index (χ3n) is 5.92. The smallest absolute Gasteiger partial charge is 0.418 e. The zero-order chi connectivity index (χ0) is 25.3. The molecule has 0 saturated carbocycles. The van der Waals surface area contributed by atoms with Gasteiger partial charge < -0.3 is 25.4 Å². The van der Waals surface area contributed by atoms with E-state index in [0.717, 1.165) is 6.07 Å². The van der Waals surface area contributed by atoms with E-state index >= 15 is 0 Å². The molecule has 1 unspecified atom stereocenters. The molecule has 0 bridgehead atoms. The van der Waals surface area contributed by atoms with Gasteiger partial charge in [-0.25, -0.2) is 0 Å². The number of carbonyl (C=O) groups is 2. The number of esters is 1. The van der Waals surface area contributed by atoms with E-state index in [-0.39, 0.29) is 49.6 Å².